The molecule has 19 heavy (non-hydrogen) atoms. The van der Waals surface area contributed by atoms with Crippen LogP contribution in [-0.2, 0) is 11.3 Å². The van der Waals surface area contributed by atoms with Crippen LogP contribution in [0.15, 0.2) is 43.0 Å². The molecule has 1 aliphatic rings. The Bertz CT molecular complexity index is 504. The normalized spacial score (nSPS) is 19.5. The number of aromatic nitrogens is 2. The second-order valence-electron chi connectivity index (χ2n) is 4.89. The fraction of sp³-hybridized carbons (Fsp3) is 0.400. The fourth-order valence-corrected chi connectivity index (χ4v) is 2.47. The molecular weight excluding hydrogens is 238 g/mol. The summed E-state index contributed by atoms with van der Waals surface area (Å²) in [5, 5.41) is 3.58. The third kappa shape index (κ3) is 3.03. The minimum Gasteiger partial charge on any atom is -0.380 e. The Morgan fingerprint density at radius 2 is 2.32 bits per heavy atom. The number of hydrogen-bond acceptors (Lipinski definition) is 3. The van der Waals surface area contributed by atoms with Gasteiger partial charge in [-0.2, -0.15) is 0 Å². The quantitative estimate of drug-likeness (QED) is 0.912. The van der Waals surface area contributed by atoms with E-state index in [1.807, 2.05) is 17.1 Å². The van der Waals surface area contributed by atoms with E-state index in [-0.39, 0.29) is 0 Å². The molecule has 1 fully saturated rings. The standard InChI is InChI=1S/C15H19N3O/c1-2-6-15(18-8-7-16-12-18)13(4-1)10-17-14-5-3-9-19-11-14/h1-2,4,6-8,12,14,17H,3,5,9-11H2/t14-/m0/s1. The Morgan fingerprint density at radius 3 is 3.11 bits per heavy atom. The molecule has 1 aromatic carbocycles. The predicted octanol–water partition coefficient (Wildman–Crippen LogP) is 2.14. The summed E-state index contributed by atoms with van der Waals surface area (Å²) in [4.78, 5) is 4.11. The van der Waals surface area contributed by atoms with Gasteiger partial charge in [-0.1, -0.05) is 18.2 Å². The molecule has 2 aromatic rings. The summed E-state index contributed by atoms with van der Waals surface area (Å²) in [5.41, 5.74) is 2.47. The Hall–Kier alpha value is -1.65. The zero-order valence-corrected chi connectivity index (χ0v) is 11.0. The first-order valence-corrected chi connectivity index (χ1v) is 6.81. The van der Waals surface area contributed by atoms with E-state index in [9.17, 15) is 0 Å². The number of hydrogen-bond donors (Lipinski definition) is 1. The van der Waals surface area contributed by atoms with E-state index < -0.39 is 0 Å². The monoisotopic (exact) mass is 257 g/mol. The molecule has 0 unspecified atom stereocenters. The van der Waals surface area contributed by atoms with E-state index in [1.165, 1.54) is 17.7 Å². The van der Waals surface area contributed by atoms with E-state index in [0.717, 1.165) is 26.2 Å². The van der Waals surface area contributed by atoms with Crippen molar-refractivity contribution in [3.05, 3.63) is 48.5 Å². The van der Waals surface area contributed by atoms with Crippen molar-refractivity contribution in [3.8, 4) is 5.69 Å². The van der Waals surface area contributed by atoms with Crippen LogP contribution >= 0.6 is 0 Å². The molecule has 2 heterocycles. The summed E-state index contributed by atoms with van der Waals surface area (Å²) in [6.07, 6.45) is 7.97. The third-order valence-electron chi connectivity index (χ3n) is 3.52. The number of benzene rings is 1. The molecule has 1 N–H and O–H groups in total. The van der Waals surface area contributed by atoms with Gasteiger partial charge in [0, 0.05) is 31.6 Å². The van der Waals surface area contributed by atoms with Crippen LogP contribution in [0.4, 0.5) is 0 Å². The highest BCUT2D eigenvalue weighted by Crippen LogP contribution is 2.15. The fourth-order valence-electron chi connectivity index (χ4n) is 2.47. The van der Waals surface area contributed by atoms with Crippen molar-refractivity contribution in [1.82, 2.24) is 14.9 Å². The molecule has 0 aliphatic carbocycles. The van der Waals surface area contributed by atoms with Crippen LogP contribution in [0.25, 0.3) is 5.69 Å². The van der Waals surface area contributed by atoms with Crippen molar-refractivity contribution < 1.29 is 4.74 Å². The van der Waals surface area contributed by atoms with Crippen LogP contribution in [0.5, 0.6) is 0 Å². The first-order chi connectivity index (χ1) is 9.43. The van der Waals surface area contributed by atoms with Gasteiger partial charge in [0.15, 0.2) is 0 Å². The molecule has 1 aliphatic heterocycles. The van der Waals surface area contributed by atoms with Crippen LogP contribution in [0.3, 0.4) is 0 Å². The SMILES string of the molecule is c1ccc(-n2ccnc2)c(CN[C@H]2CCCOC2)c1. The number of imidazole rings is 1. The van der Waals surface area contributed by atoms with Crippen molar-refractivity contribution in [2.24, 2.45) is 0 Å². The Kier molecular flexibility index (Phi) is 3.91. The zero-order chi connectivity index (χ0) is 12.9. The number of nitrogens with one attached hydrogen (secondary N) is 1. The van der Waals surface area contributed by atoms with E-state index in [4.69, 9.17) is 4.74 Å². The van der Waals surface area contributed by atoms with Crippen molar-refractivity contribution in [2.75, 3.05) is 13.2 Å². The Morgan fingerprint density at radius 1 is 1.37 bits per heavy atom. The van der Waals surface area contributed by atoms with E-state index >= 15 is 0 Å². The Balaban J connectivity index is 1.70. The summed E-state index contributed by atoms with van der Waals surface area (Å²) in [6.45, 7) is 2.60. The summed E-state index contributed by atoms with van der Waals surface area (Å²) in [7, 11) is 0. The number of para-hydroxylation sites is 1. The van der Waals surface area contributed by atoms with Gasteiger partial charge in [-0.3, -0.25) is 0 Å². The van der Waals surface area contributed by atoms with Gasteiger partial charge >= 0.3 is 0 Å². The van der Waals surface area contributed by atoms with Crippen molar-refractivity contribution in [2.45, 2.75) is 25.4 Å². The van der Waals surface area contributed by atoms with Gasteiger partial charge < -0.3 is 14.6 Å². The molecule has 1 aromatic heterocycles. The van der Waals surface area contributed by atoms with Crippen molar-refractivity contribution in [1.29, 1.82) is 0 Å². The molecule has 0 amide bonds. The van der Waals surface area contributed by atoms with E-state index in [1.54, 1.807) is 6.20 Å². The summed E-state index contributed by atoms with van der Waals surface area (Å²) < 4.78 is 7.55. The molecule has 0 bridgehead atoms. The Labute approximate surface area is 113 Å². The maximum Gasteiger partial charge on any atom is 0.0991 e. The maximum absolute atomic E-state index is 5.50. The molecule has 1 saturated heterocycles. The lowest BCUT2D eigenvalue weighted by molar-refractivity contribution is 0.0699. The first kappa shape index (κ1) is 12.4. The zero-order valence-electron chi connectivity index (χ0n) is 11.0. The summed E-state index contributed by atoms with van der Waals surface area (Å²) in [6, 6.07) is 8.89. The lowest BCUT2D eigenvalue weighted by Crippen LogP contribution is -2.36. The van der Waals surface area contributed by atoms with Crippen LogP contribution in [0.2, 0.25) is 0 Å². The molecule has 0 spiro atoms. The van der Waals surface area contributed by atoms with Gasteiger partial charge in [-0.15, -0.1) is 0 Å². The lowest BCUT2D eigenvalue weighted by atomic mass is 10.1. The van der Waals surface area contributed by atoms with Gasteiger partial charge in [0.1, 0.15) is 0 Å². The average molecular weight is 257 g/mol. The minimum absolute atomic E-state index is 0.476. The van der Waals surface area contributed by atoms with Crippen molar-refractivity contribution >= 4 is 0 Å². The van der Waals surface area contributed by atoms with Gasteiger partial charge in [0.05, 0.1) is 18.6 Å². The summed E-state index contributed by atoms with van der Waals surface area (Å²) >= 11 is 0. The largest absolute Gasteiger partial charge is 0.380 e. The van der Waals surface area contributed by atoms with E-state index in [0.29, 0.717) is 6.04 Å². The van der Waals surface area contributed by atoms with Crippen LogP contribution in [-0.4, -0.2) is 28.8 Å². The van der Waals surface area contributed by atoms with E-state index in [2.05, 4.69) is 34.6 Å². The van der Waals surface area contributed by atoms with Crippen LogP contribution in [0, 0.1) is 0 Å². The number of nitrogens with zero attached hydrogens (tertiary/aromatic N) is 2. The number of ether oxygens (including phenoxy) is 1. The predicted molar refractivity (Wildman–Crippen MR) is 74.2 cm³/mol. The molecule has 3 rings (SSSR count). The topological polar surface area (TPSA) is 39.1 Å². The average Bonchev–Trinajstić information content (AvgIpc) is 3.01. The van der Waals surface area contributed by atoms with Crippen LogP contribution < -0.4 is 5.32 Å². The minimum atomic E-state index is 0.476. The smallest absolute Gasteiger partial charge is 0.0991 e. The highest BCUT2D eigenvalue weighted by Gasteiger charge is 2.13. The highest BCUT2D eigenvalue weighted by molar-refractivity contribution is 5.40. The maximum atomic E-state index is 5.50. The summed E-state index contributed by atoms with van der Waals surface area (Å²) in [5.74, 6) is 0. The van der Waals surface area contributed by atoms with Crippen LogP contribution in [0.1, 0.15) is 18.4 Å². The molecule has 1 atom stereocenters. The van der Waals surface area contributed by atoms with Gasteiger partial charge in [0.2, 0.25) is 0 Å². The molecule has 0 radical (unpaired) electrons. The van der Waals surface area contributed by atoms with Gasteiger partial charge in [0.25, 0.3) is 0 Å². The molecule has 4 nitrogen and oxygen atoms in total. The second-order valence-corrected chi connectivity index (χ2v) is 4.89. The highest BCUT2D eigenvalue weighted by atomic mass is 16.5. The van der Waals surface area contributed by atoms with Gasteiger partial charge in [-0.25, -0.2) is 4.98 Å². The second kappa shape index (κ2) is 5.99. The van der Waals surface area contributed by atoms with Crippen molar-refractivity contribution in [3.63, 3.8) is 0 Å². The van der Waals surface area contributed by atoms with Gasteiger partial charge in [-0.05, 0) is 24.5 Å². The molecule has 0 saturated carbocycles. The number of rotatable bonds is 4. The molecule has 100 valence electrons. The first-order valence-electron chi connectivity index (χ1n) is 6.81. The third-order valence-corrected chi connectivity index (χ3v) is 3.52. The molecule has 4 heteroatoms. The molecular formula is C15H19N3O. The lowest BCUT2D eigenvalue weighted by Gasteiger charge is -2.23.